The first-order valence-corrected chi connectivity index (χ1v) is 3.05. The summed E-state index contributed by atoms with van der Waals surface area (Å²) in [5, 5.41) is 2.97. The molecule has 0 aliphatic carbocycles. The highest BCUT2D eigenvalue weighted by atomic mass is 16.5. The Morgan fingerprint density at radius 1 is 1.80 bits per heavy atom. The molecule has 1 N–H and O–H groups in total. The van der Waals surface area contributed by atoms with Gasteiger partial charge in [0, 0.05) is 13.7 Å². The fraction of sp³-hybridized carbons (Fsp3) is 0.500. The molecule has 0 saturated heterocycles. The van der Waals surface area contributed by atoms with Crippen LogP contribution < -0.4 is 5.32 Å². The molecule has 0 aromatic carbocycles. The molecule has 0 saturated carbocycles. The van der Waals surface area contributed by atoms with Gasteiger partial charge < -0.3 is 14.5 Å². The van der Waals surface area contributed by atoms with Crippen LogP contribution in [0.3, 0.4) is 0 Å². The van der Waals surface area contributed by atoms with Gasteiger partial charge in [0.15, 0.2) is 6.39 Å². The Morgan fingerprint density at radius 2 is 2.70 bits per heavy atom. The number of ether oxygens (including phenoxy) is 1. The summed E-state index contributed by atoms with van der Waals surface area (Å²) in [7, 11) is 1.65. The minimum absolute atomic E-state index is 0.667. The van der Waals surface area contributed by atoms with Crippen LogP contribution in [0.15, 0.2) is 17.0 Å². The molecule has 0 fully saturated rings. The molecular weight excluding hydrogens is 132 g/mol. The Bertz CT molecular complexity index is 162. The number of oxazole rings is 1. The van der Waals surface area contributed by atoms with Crippen molar-refractivity contribution >= 4 is 5.88 Å². The number of rotatable bonds is 4. The van der Waals surface area contributed by atoms with Gasteiger partial charge in [0.25, 0.3) is 0 Å². The molecule has 1 aromatic heterocycles. The van der Waals surface area contributed by atoms with Gasteiger partial charge in [-0.3, -0.25) is 0 Å². The smallest absolute Gasteiger partial charge is 0.213 e. The van der Waals surface area contributed by atoms with E-state index in [1.54, 1.807) is 13.3 Å². The molecule has 4 heteroatoms. The van der Waals surface area contributed by atoms with E-state index in [1.807, 2.05) is 0 Å². The maximum absolute atomic E-state index is 4.90. The van der Waals surface area contributed by atoms with Crippen LogP contribution in [0.4, 0.5) is 5.88 Å². The van der Waals surface area contributed by atoms with Crippen LogP contribution in [-0.4, -0.2) is 25.2 Å². The summed E-state index contributed by atoms with van der Waals surface area (Å²) >= 11 is 0. The van der Waals surface area contributed by atoms with Crippen LogP contribution in [-0.2, 0) is 4.74 Å². The lowest BCUT2D eigenvalue weighted by Crippen LogP contribution is -2.06. The van der Waals surface area contributed by atoms with Crippen LogP contribution in [0.2, 0.25) is 0 Å². The topological polar surface area (TPSA) is 47.3 Å². The third-order valence-electron chi connectivity index (χ3n) is 1.04. The second kappa shape index (κ2) is 3.90. The van der Waals surface area contributed by atoms with Crippen molar-refractivity contribution in [2.45, 2.75) is 0 Å². The van der Waals surface area contributed by atoms with E-state index in [0.29, 0.717) is 12.5 Å². The van der Waals surface area contributed by atoms with Crippen LogP contribution in [0.1, 0.15) is 0 Å². The van der Waals surface area contributed by atoms with Crippen molar-refractivity contribution in [3.63, 3.8) is 0 Å². The number of aromatic nitrogens is 1. The number of hydrogen-bond donors (Lipinski definition) is 1. The van der Waals surface area contributed by atoms with Crippen molar-refractivity contribution in [3.8, 4) is 0 Å². The SMILES string of the molecule is COCCNc1cnco1. The fourth-order valence-electron chi connectivity index (χ4n) is 0.579. The largest absolute Gasteiger partial charge is 0.428 e. The molecule has 0 radical (unpaired) electrons. The summed E-state index contributed by atoms with van der Waals surface area (Å²) in [4.78, 5) is 3.73. The minimum Gasteiger partial charge on any atom is -0.428 e. The van der Waals surface area contributed by atoms with E-state index in [2.05, 4.69) is 10.3 Å². The van der Waals surface area contributed by atoms with Gasteiger partial charge in [-0.2, -0.15) is 0 Å². The highest BCUT2D eigenvalue weighted by molar-refractivity contribution is 5.25. The average molecular weight is 142 g/mol. The van der Waals surface area contributed by atoms with E-state index in [-0.39, 0.29) is 0 Å². The molecule has 4 nitrogen and oxygen atoms in total. The summed E-state index contributed by atoms with van der Waals surface area (Å²) in [6.07, 6.45) is 3.00. The van der Waals surface area contributed by atoms with Crippen LogP contribution in [0, 0.1) is 0 Å². The fourth-order valence-corrected chi connectivity index (χ4v) is 0.579. The van der Waals surface area contributed by atoms with Gasteiger partial charge >= 0.3 is 0 Å². The standard InChI is InChI=1S/C6H10N2O2/c1-9-3-2-8-6-4-7-5-10-6/h4-5,8H,2-3H2,1H3. The molecule has 0 aliphatic heterocycles. The Labute approximate surface area is 59.2 Å². The lowest BCUT2D eigenvalue weighted by Gasteiger charge is -1.98. The molecule has 0 atom stereocenters. The van der Waals surface area contributed by atoms with Crippen LogP contribution in [0.5, 0.6) is 0 Å². The Kier molecular flexibility index (Phi) is 2.76. The van der Waals surface area contributed by atoms with E-state index in [9.17, 15) is 0 Å². The highest BCUT2D eigenvalue weighted by Crippen LogP contribution is 2.01. The van der Waals surface area contributed by atoms with Crippen molar-refractivity contribution in [2.75, 3.05) is 25.6 Å². The van der Waals surface area contributed by atoms with E-state index >= 15 is 0 Å². The van der Waals surface area contributed by atoms with Crippen molar-refractivity contribution in [1.82, 2.24) is 4.98 Å². The average Bonchev–Trinajstić information content (AvgIpc) is 2.41. The molecule has 0 unspecified atom stereocenters. The van der Waals surface area contributed by atoms with Gasteiger partial charge in [-0.15, -0.1) is 0 Å². The zero-order valence-electron chi connectivity index (χ0n) is 5.83. The Balaban J connectivity index is 2.15. The maximum atomic E-state index is 4.90. The maximum Gasteiger partial charge on any atom is 0.213 e. The quantitative estimate of drug-likeness (QED) is 0.629. The summed E-state index contributed by atoms with van der Waals surface area (Å²) in [6, 6.07) is 0. The van der Waals surface area contributed by atoms with Gasteiger partial charge in [-0.1, -0.05) is 0 Å². The second-order valence-corrected chi connectivity index (χ2v) is 1.79. The van der Waals surface area contributed by atoms with E-state index in [1.165, 1.54) is 6.39 Å². The number of hydrogen-bond acceptors (Lipinski definition) is 4. The van der Waals surface area contributed by atoms with Crippen molar-refractivity contribution in [1.29, 1.82) is 0 Å². The van der Waals surface area contributed by atoms with Gasteiger partial charge in [0.1, 0.15) is 0 Å². The van der Waals surface area contributed by atoms with E-state index < -0.39 is 0 Å². The first-order valence-electron chi connectivity index (χ1n) is 3.05. The summed E-state index contributed by atoms with van der Waals surface area (Å²) in [5.74, 6) is 0.678. The monoisotopic (exact) mass is 142 g/mol. The van der Waals surface area contributed by atoms with Gasteiger partial charge in [0.2, 0.25) is 5.88 Å². The van der Waals surface area contributed by atoms with E-state index in [0.717, 1.165) is 6.54 Å². The molecule has 0 amide bonds. The van der Waals surface area contributed by atoms with Gasteiger partial charge in [-0.25, -0.2) is 4.98 Å². The van der Waals surface area contributed by atoms with Crippen molar-refractivity contribution < 1.29 is 9.15 Å². The molecule has 56 valence electrons. The number of nitrogens with zero attached hydrogens (tertiary/aromatic N) is 1. The highest BCUT2D eigenvalue weighted by Gasteiger charge is 1.91. The van der Waals surface area contributed by atoms with Gasteiger partial charge in [-0.05, 0) is 0 Å². The molecule has 0 aliphatic rings. The molecule has 0 bridgehead atoms. The zero-order valence-corrected chi connectivity index (χ0v) is 5.83. The predicted molar refractivity (Wildman–Crippen MR) is 36.9 cm³/mol. The normalized spacial score (nSPS) is 9.70. The second-order valence-electron chi connectivity index (χ2n) is 1.79. The predicted octanol–water partition coefficient (Wildman–Crippen LogP) is 0.733. The molecule has 1 rings (SSSR count). The molecule has 0 spiro atoms. The molecule has 10 heavy (non-hydrogen) atoms. The van der Waals surface area contributed by atoms with Gasteiger partial charge in [0.05, 0.1) is 12.8 Å². The van der Waals surface area contributed by atoms with Crippen molar-refractivity contribution in [2.24, 2.45) is 0 Å². The molecular formula is C6H10N2O2. The minimum atomic E-state index is 0.667. The molecule has 1 aromatic rings. The van der Waals surface area contributed by atoms with E-state index in [4.69, 9.17) is 9.15 Å². The third-order valence-corrected chi connectivity index (χ3v) is 1.04. The van der Waals surface area contributed by atoms with Crippen LogP contribution in [0.25, 0.3) is 0 Å². The Morgan fingerprint density at radius 3 is 3.30 bits per heavy atom. The molecule has 1 heterocycles. The zero-order chi connectivity index (χ0) is 7.23. The number of methoxy groups -OCH3 is 1. The lowest BCUT2D eigenvalue weighted by molar-refractivity contribution is 0.210. The van der Waals surface area contributed by atoms with Crippen molar-refractivity contribution in [3.05, 3.63) is 12.6 Å². The summed E-state index contributed by atoms with van der Waals surface area (Å²) in [5.41, 5.74) is 0. The van der Waals surface area contributed by atoms with Crippen LogP contribution >= 0.6 is 0 Å². The third kappa shape index (κ3) is 2.06. The Hall–Kier alpha value is -1.03. The summed E-state index contributed by atoms with van der Waals surface area (Å²) < 4.78 is 9.72. The summed E-state index contributed by atoms with van der Waals surface area (Å²) in [6.45, 7) is 1.41. The first-order chi connectivity index (χ1) is 4.93. The lowest BCUT2D eigenvalue weighted by atomic mass is 10.6. The first kappa shape index (κ1) is 7.08. The number of nitrogens with one attached hydrogen (secondary N) is 1. The number of anilines is 1.